The van der Waals surface area contributed by atoms with E-state index in [4.69, 9.17) is 9.47 Å². The fraction of sp³-hybridized carbons (Fsp3) is 0.571. The Hall–Kier alpha value is -1.29. The Kier molecular flexibility index (Phi) is 4.07. The molecule has 0 spiro atoms. The summed E-state index contributed by atoms with van der Waals surface area (Å²) in [7, 11) is 3.20. The van der Waals surface area contributed by atoms with Gasteiger partial charge in [-0.3, -0.25) is 0 Å². The molecule has 1 aromatic rings. The summed E-state index contributed by atoms with van der Waals surface area (Å²) >= 11 is 0. The first kappa shape index (κ1) is 13.1. The van der Waals surface area contributed by atoms with Gasteiger partial charge in [-0.15, -0.1) is 0 Å². The van der Waals surface area contributed by atoms with Crippen LogP contribution in [0.25, 0.3) is 0 Å². The van der Waals surface area contributed by atoms with Gasteiger partial charge in [0.15, 0.2) is 0 Å². The number of halogens is 1. The fourth-order valence-corrected chi connectivity index (χ4v) is 2.49. The van der Waals surface area contributed by atoms with Crippen LogP contribution < -0.4 is 14.8 Å². The van der Waals surface area contributed by atoms with Crippen molar-refractivity contribution in [3.8, 4) is 11.5 Å². The number of methoxy groups -OCH3 is 2. The highest BCUT2D eigenvalue weighted by Gasteiger charge is 2.23. The maximum Gasteiger partial charge on any atom is 0.126 e. The SMILES string of the molecule is COc1cc(C2CCNC2)c(OC)cc1C(C)F. The molecule has 100 valence electrons. The molecule has 3 nitrogen and oxygen atoms in total. The van der Waals surface area contributed by atoms with E-state index in [1.165, 1.54) is 6.92 Å². The molecule has 1 aromatic carbocycles. The third-order valence-electron chi connectivity index (χ3n) is 3.51. The average molecular weight is 253 g/mol. The molecule has 0 radical (unpaired) electrons. The summed E-state index contributed by atoms with van der Waals surface area (Å²) < 4.78 is 24.2. The lowest BCUT2D eigenvalue weighted by Gasteiger charge is -2.18. The maximum absolute atomic E-state index is 13.6. The molecule has 1 N–H and O–H groups in total. The largest absolute Gasteiger partial charge is 0.496 e. The van der Waals surface area contributed by atoms with E-state index >= 15 is 0 Å². The van der Waals surface area contributed by atoms with E-state index in [1.54, 1.807) is 20.3 Å². The molecule has 1 aliphatic heterocycles. The normalized spacial score (nSPS) is 20.8. The fourth-order valence-electron chi connectivity index (χ4n) is 2.49. The second-order valence-corrected chi connectivity index (χ2v) is 4.64. The number of benzene rings is 1. The van der Waals surface area contributed by atoms with Crippen LogP contribution in [0.4, 0.5) is 4.39 Å². The molecule has 2 atom stereocenters. The Labute approximate surface area is 107 Å². The van der Waals surface area contributed by atoms with Crippen LogP contribution in [-0.2, 0) is 0 Å². The van der Waals surface area contributed by atoms with Gasteiger partial charge in [-0.2, -0.15) is 0 Å². The van der Waals surface area contributed by atoms with Crippen molar-refractivity contribution in [2.75, 3.05) is 27.3 Å². The van der Waals surface area contributed by atoms with Gasteiger partial charge < -0.3 is 14.8 Å². The number of alkyl halides is 1. The van der Waals surface area contributed by atoms with Crippen molar-refractivity contribution in [2.45, 2.75) is 25.4 Å². The predicted molar refractivity (Wildman–Crippen MR) is 69.3 cm³/mol. The van der Waals surface area contributed by atoms with Crippen molar-refractivity contribution in [3.63, 3.8) is 0 Å². The molecule has 0 saturated carbocycles. The lowest BCUT2D eigenvalue weighted by Crippen LogP contribution is -2.09. The van der Waals surface area contributed by atoms with Crippen molar-refractivity contribution in [3.05, 3.63) is 23.3 Å². The first-order chi connectivity index (χ1) is 8.67. The molecule has 0 amide bonds. The van der Waals surface area contributed by atoms with Gasteiger partial charge in [0.05, 0.1) is 14.2 Å². The molecule has 0 bridgehead atoms. The molecule has 1 fully saturated rings. The molecule has 1 aliphatic rings. The van der Waals surface area contributed by atoms with Crippen molar-refractivity contribution >= 4 is 0 Å². The molecule has 2 unspecified atom stereocenters. The van der Waals surface area contributed by atoms with Gasteiger partial charge in [0.1, 0.15) is 17.7 Å². The van der Waals surface area contributed by atoms with E-state index < -0.39 is 6.17 Å². The Morgan fingerprint density at radius 3 is 2.50 bits per heavy atom. The smallest absolute Gasteiger partial charge is 0.126 e. The minimum Gasteiger partial charge on any atom is -0.496 e. The van der Waals surface area contributed by atoms with E-state index in [0.29, 0.717) is 17.2 Å². The first-order valence-electron chi connectivity index (χ1n) is 6.28. The van der Waals surface area contributed by atoms with Crippen LogP contribution in [0.5, 0.6) is 11.5 Å². The summed E-state index contributed by atoms with van der Waals surface area (Å²) in [5.41, 5.74) is 1.65. The lowest BCUT2D eigenvalue weighted by atomic mass is 9.94. The number of ether oxygens (including phenoxy) is 2. The zero-order chi connectivity index (χ0) is 13.1. The first-order valence-corrected chi connectivity index (χ1v) is 6.28. The van der Waals surface area contributed by atoms with E-state index in [2.05, 4.69) is 5.32 Å². The predicted octanol–water partition coefficient (Wildman–Crippen LogP) is 2.81. The van der Waals surface area contributed by atoms with Crippen molar-refractivity contribution in [1.29, 1.82) is 0 Å². The topological polar surface area (TPSA) is 30.5 Å². The molecule has 1 saturated heterocycles. The highest BCUT2D eigenvalue weighted by Crippen LogP contribution is 2.39. The molecule has 1 heterocycles. The van der Waals surface area contributed by atoms with E-state index in [0.717, 1.165) is 30.8 Å². The quantitative estimate of drug-likeness (QED) is 0.895. The Morgan fingerprint density at radius 2 is 2.00 bits per heavy atom. The Balaban J connectivity index is 2.45. The second kappa shape index (κ2) is 5.57. The lowest BCUT2D eigenvalue weighted by molar-refractivity contribution is 0.341. The molecule has 0 aromatic heterocycles. The van der Waals surface area contributed by atoms with Gasteiger partial charge >= 0.3 is 0 Å². The second-order valence-electron chi connectivity index (χ2n) is 4.64. The van der Waals surface area contributed by atoms with Crippen LogP contribution in [0.15, 0.2) is 12.1 Å². The average Bonchev–Trinajstić information content (AvgIpc) is 2.90. The number of nitrogens with one attached hydrogen (secondary N) is 1. The van der Waals surface area contributed by atoms with Crippen molar-refractivity contribution in [2.24, 2.45) is 0 Å². The summed E-state index contributed by atoms with van der Waals surface area (Å²) in [6.07, 6.45) is 0.00827. The van der Waals surface area contributed by atoms with Gasteiger partial charge in [-0.25, -0.2) is 4.39 Å². The molecule has 18 heavy (non-hydrogen) atoms. The summed E-state index contributed by atoms with van der Waals surface area (Å²) in [6, 6.07) is 3.68. The maximum atomic E-state index is 13.6. The van der Waals surface area contributed by atoms with Gasteiger partial charge in [0.25, 0.3) is 0 Å². The summed E-state index contributed by atoms with van der Waals surface area (Å²) in [4.78, 5) is 0. The Bertz CT molecular complexity index is 415. The summed E-state index contributed by atoms with van der Waals surface area (Å²) in [6.45, 7) is 3.45. The van der Waals surface area contributed by atoms with Gasteiger partial charge in [0, 0.05) is 23.6 Å². The van der Waals surface area contributed by atoms with Crippen molar-refractivity contribution in [1.82, 2.24) is 5.32 Å². The van der Waals surface area contributed by atoms with Crippen LogP contribution in [-0.4, -0.2) is 27.3 Å². The van der Waals surface area contributed by atoms with Gasteiger partial charge in [0.2, 0.25) is 0 Å². The van der Waals surface area contributed by atoms with E-state index in [1.807, 2.05) is 6.07 Å². The molecular formula is C14H20FNO2. The molecule has 2 rings (SSSR count). The number of hydrogen-bond acceptors (Lipinski definition) is 3. The highest BCUT2D eigenvalue weighted by molar-refractivity contribution is 5.49. The van der Waals surface area contributed by atoms with Crippen LogP contribution in [0.1, 0.15) is 36.6 Å². The third kappa shape index (κ3) is 2.43. The van der Waals surface area contributed by atoms with Gasteiger partial charge in [-0.05, 0) is 32.0 Å². The van der Waals surface area contributed by atoms with E-state index in [-0.39, 0.29) is 0 Å². The monoisotopic (exact) mass is 253 g/mol. The third-order valence-corrected chi connectivity index (χ3v) is 3.51. The zero-order valence-electron chi connectivity index (χ0n) is 11.1. The van der Waals surface area contributed by atoms with Crippen LogP contribution in [0.3, 0.4) is 0 Å². The Morgan fingerprint density at radius 1 is 1.28 bits per heavy atom. The summed E-state index contributed by atoms with van der Waals surface area (Å²) in [5.74, 6) is 1.77. The number of hydrogen-bond donors (Lipinski definition) is 1. The molecular weight excluding hydrogens is 233 g/mol. The van der Waals surface area contributed by atoms with Crippen molar-refractivity contribution < 1.29 is 13.9 Å². The molecule has 0 aliphatic carbocycles. The van der Waals surface area contributed by atoms with E-state index in [9.17, 15) is 4.39 Å². The number of rotatable bonds is 4. The van der Waals surface area contributed by atoms with Crippen LogP contribution in [0, 0.1) is 0 Å². The zero-order valence-corrected chi connectivity index (χ0v) is 11.1. The molecule has 4 heteroatoms. The van der Waals surface area contributed by atoms with Crippen LogP contribution >= 0.6 is 0 Å². The van der Waals surface area contributed by atoms with Gasteiger partial charge in [-0.1, -0.05) is 0 Å². The summed E-state index contributed by atoms with van der Waals surface area (Å²) in [5, 5.41) is 3.33. The minimum absolute atomic E-state index is 0.415. The van der Waals surface area contributed by atoms with Crippen LogP contribution in [0.2, 0.25) is 0 Å². The minimum atomic E-state index is -1.07. The highest BCUT2D eigenvalue weighted by atomic mass is 19.1. The standard InChI is InChI=1S/C14H20FNO2/c1-9(15)11-6-14(18-3)12(7-13(11)17-2)10-4-5-16-8-10/h6-7,9-10,16H,4-5,8H2,1-3H3.